The van der Waals surface area contributed by atoms with E-state index in [2.05, 4.69) is 0 Å². The minimum Gasteiger partial charge on any atom is -0.480 e. The molecule has 0 aliphatic rings. The lowest BCUT2D eigenvalue weighted by Crippen LogP contribution is -2.55. The lowest BCUT2D eigenvalue weighted by Gasteiger charge is -2.23. The van der Waals surface area contributed by atoms with Gasteiger partial charge in [0, 0.05) is 0 Å². The minimum atomic E-state index is -6.06. The molecule has 0 fully saturated rings. The van der Waals surface area contributed by atoms with Crippen molar-refractivity contribution in [3.63, 3.8) is 0 Å². The Hall–Kier alpha value is -1.41. The van der Waals surface area contributed by atoms with Crippen molar-refractivity contribution < 1.29 is 36.6 Å². The Kier molecular flexibility index (Phi) is 4.44. The van der Waals surface area contributed by atoms with Gasteiger partial charge in [-0.25, -0.2) is 4.79 Å². The summed E-state index contributed by atoms with van der Waals surface area (Å²) >= 11 is 0. The first-order valence-corrected chi connectivity index (χ1v) is 4.39. The van der Waals surface area contributed by atoms with Crippen LogP contribution in [0.5, 0.6) is 0 Å². The molecule has 0 heterocycles. The number of hydrogen-bond acceptors (Lipinski definition) is 2. The van der Waals surface area contributed by atoms with E-state index in [0.717, 1.165) is 5.32 Å². The van der Waals surface area contributed by atoms with Gasteiger partial charge in [-0.15, -0.1) is 0 Å². The highest BCUT2D eigenvalue weighted by Gasteiger charge is 2.63. The average molecular weight is 263 g/mol. The Balaban J connectivity index is 4.92. The predicted octanol–water partition coefficient (Wildman–Crippen LogP) is 1.41. The molecule has 0 saturated heterocycles. The second kappa shape index (κ2) is 4.84. The summed E-state index contributed by atoms with van der Waals surface area (Å²) in [7, 11) is 0. The van der Waals surface area contributed by atoms with E-state index >= 15 is 0 Å². The van der Waals surface area contributed by atoms with E-state index < -0.39 is 35.9 Å². The quantitative estimate of drug-likeness (QED) is 0.753. The third kappa shape index (κ3) is 3.53. The molecular weight excluding hydrogens is 253 g/mol. The fourth-order valence-corrected chi connectivity index (χ4v) is 0.874. The minimum absolute atomic E-state index is 0.833. The summed E-state index contributed by atoms with van der Waals surface area (Å²) in [6, 6.07) is -1.81. The summed E-state index contributed by atoms with van der Waals surface area (Å²) < 4.78 is 60.3. The molecule has 17 heavy (non-hydrogen) atoms. The van der Waals surface area contributed by atoms with Crippen molar-refractivity contribution in [3.8, 4) is 0 Å². The molecule has 0 aromatic heterocycles. The average Bonchev–Trinajstić information content (AvgIpc) is 2.10. The van der Waals surface area contributed by atoms with Crippen LogP contribution in [0.25, 0.3) is 0 Å². The molecule has 4 nitrogen and oxygen atoms in total. The highest BCUT2D eigenvalue weighted by Crippen LogP contribution is 2.35. The fourth-order valence-electron chi connectivity index (χ4n) is 0.874. The number of halogens is 5. The molecule has 100 valence electrons. The third-order valence-electron chi connectivity index (χ3n) is 1.86. The van der Waals surface area contributed by atoms with Crippen molar-refractivity contribution in [2.45, 2.75) is 32.0 Å². The van der Waals surface area contributed by atoms with Crippen LogP contribution in [0.2, 0.25) is 0 Å². The summed E-state index contributed by atoms with van der Waals surface area (Å²) in [5, 5.41) is 9.67. The van der Waals surface area contributed by atoms with E-state index in [0.29, 0.717) is 0 Å². The number of carbonyl (C=O) groups excluding carboxylic acids is 1. The van der Waals surface area contributed by atoms with Crippen LogP contribution in [0, 0.1) is 5.92 Å². The second-order valence-electron chi connectivity index (χ2n) is 3.61. The van der Waals surface area contributed by atoms with Gasteiger partial charge < -0.3 is 10.4 Å². The first-order valence-electron chi connectivity index (χ1n) is 4.39. The number of carboxylic acids is 1. The Morgan fingerprint density at radius 3 is 1.76 bits per heavy atom. The van der Waals surface area contributed by atoms with Crippen LogP contribution in [-0.4, -0.2) is 35.1 Å². The van der Waals surface area contributed by atoms with E-state index in [-0.39, 0.29) is 0 Å². The van der Waals surface area contributed by atoms with Gasteiger partial charge in [0.05, 0.1) is 0 Å². The van der Waals surface area contributed by atoms with Gasteiger partial charge >= 0.3 is 24.0 Å². The van der Waals surface area contributed by atoms with Crippen LogP contribution in [0.3, 0.4) is 0 Å². The van der Waals surface area contributed by atoms with Crippen LogP contribution in [-0.2, 0) is 9.59 Å². The Morgan fingerprint density at radius 1 is 1.12 bits per heavy atom. The molecule has 0 unspecified atom stereocenters. The van der Waals surface area contributed by atoms with Crippen molar-refractivity contribution in [2.75, 3.05) is 0 Å². The number of alkyl halides is 5. The summed E-state index contributed by atoms with van der Waals surface area (Å²) in [6.45, 7) is 2.51. The third-order valence-corrected chi connectivity index (χ3v) is 1.86. The first-order chi connectivity index (χ1) is 7.41. The van der Waals surface area contributed by atoms with Crippen LogP contribution in [0.15, 0.2) is 0 Å². The zero-order valence-corrected chi connectivity index (χ0v) is 8.81. The van der Waals surface area contributed by atoms with E-state index in [1.807, 2.05) is 0 Å². The van der Waals surface area contributed by atoms with Gasteiger partial charge in [0.25, 0.3) is 0 Å². The van der Waals surface area contributed by atoms with Gasteiger partial charge in [0.2, 0.25) is 0 Å². The molecule has 1 amide bonds. The van der Waals surface area contributed by atoms with E-state index in [1.54, 1.807) is 0 Å². The number of hydrogen-bond donors (Lipinski definition) is 2. The Morgan fingerprint density at radius 2 is 1.53 bits per heavy atom. The first kappa shape index (κ1) is 15.6. The second-order valence-corrected chi connectivity index (χ2v) is 3.61. The molecule has 0 aliphatic heterocycles. The van der Waals surface area contributed by atoms with Gasteiger partial charge in [-0.3, -0.25) is 4.79 Å². The molecule has 9 heteroatoms. The molecular formula is C8H10F5NO3. The summed E-state index contributed by atoms with van der Waals surface area (Å²) in [4.78, 5) is 21.2. The van der Waals surface area contributed by atoms with Crippen LogP contribution in [0.4, 0.5) is 22.0 Å². The van der Waals surface area contributed by atoms with Crippen LogP contribution in [0.1, 0.15) is 13.8 Å². The molecule has 0 saturated carbocycles. The highest BCUT2D eigenvalue weighted by atomic mass is 19.4. The van der Waals surface area contributed by atoms with Crippen molar-refractivity contribution in [3.05, 3.63) is 0 Å². The zero-order chi connectivity index (χ0) is 14.0. The largest absolute Gasteiger partial charge is 0.480 e. The number of carboxylic acid groups (broad SMARTS) is 1. The maximum absolute atomic E-state index is 12.5. The van der Waals surface area contributed by atoms with E-state index in [1.165, 1.54) is 13.8 Å². The molecule has 0 aromatic carbocycles. The molecule has 0 aromatic rings. The van der Waals surface area contributed by atoms with Gasteiger partial charge in [-0.2, -0.15) is 22.0 Å². The topological polar surface area (TPSA) is 66.4 Å². The standard InChI is InChI=1S/C8H10F5NO3/c1-3(2)4(5(15)16)14-6(17)7(9,10)8(11,12)13/h3-4H,1-2H3,(H,14,17)(H,15,16)/t4-/m1/s1. The summed E-state index contributed by atoms with van der Waals surface area (Å²) in [5.41, 5.74) is 0. The highest BCUT2D eigenvalue weighted by molar-refractivity contribution is 5.88. The molecule has 2 N–H and O–H groups in total. The number of nitrogens with one attached hydrogen (secondary N) is 1. The van der Waals surface area contributed by atoms with Gasteiger partial charge in [0.15, 0.2) is 0 Å². The zero-order valence-electron chi connectivity index (χ0n) is 8.81. The Bertz CT molecular complexity index is 313. The van der Waals surface area contributed by atoms with Crippen molar-refractivity contribution >= 4 is 11.9 Å². The smallest absolute Gasteiger partial charge is 0.463 e. The molecule has 0 radical (unpaired) electrons. The lowest BCUT2D eigenvalue weighted by molar-refractivity contribution is -0.270. The van der Waals surface area contributed by atoms with E-state index in [9.17, 15) is 31.5 Å². The summed E-state index contributed by atoms with van der Waals surface area (Å²) in [6.07, 6.45) is -6.06. The Labute approximate surface area is 92.8 Å². The monoisotopic (exact) mass is 263 g/mol. The number of aliphatic carboxylic acids is 1. The number of carbonyl (C=O) groups is 2. The number of amides is 1. The molecule has 1 atom stereocenters. The molecule has 0 spiro atoms. The van der Waals surface area contributed by atoms with Crippen molar-refractivity contribution in [2.24, 2.45) is 5.92 Å². The predicted molar refractivity (Wildman–Crippen MR) is 45.4 cm³/mol. The van der Waals surface area contributed by atoms with Crippen molar-refractivity contribution in [1.29, 1.82) is 0 Å². The van der Waals surface area contributed by atoms with Crippen LogP contribution < -0.4 is 5.32 Å². The molecule has 0 bridgehead atoms. The SMILES string of the molecule is CC(C)[C@@H](NC(=O)C(F)(F)C(F)(F)F)C(=O)O. The van der Waals surface area contributed by atoms with Crippen LogP contribution >= 0.6 is 0 Å². The maximum Gasteiger partial charge on any atom is 0.463 e. The number of rotatable bonds is 4. The molecule has 0 aliphatic carbocycles. The van der Waals surface area contributed by atoms with Gasteiger partial charge in [-0.1, -0.05) is 13.8 Å². The summed E-state index contributed by atoms with van der Waals surface area (Å²) in [5.74, 6) is -10.8. The van der Waals surface area contributed by atoms with Crippen molar-refractivity contribution in [1.82, 2.24) is 5.32 Å². The molecule has 0 rings (SSSR count). The normalized spacial score (nSPS) is 14.6. The fraction of sp³-hybridized carbons (Fsp3) is 0.750. The van der Waals surface area contributed by atoms with Gasteiger partial charge in [-0.05, 0) is 5.92 Å². The van der Waals surface area contributed by atoms with Gasteiger partial charge in [0.1, 0.15) is 6.04 Å². The maximum atomic E-state index is 12.5. The van der Waals surface area contributed by atoms with E-state index in [4.69, 9.17) is 5.11 Å². The lowest BCUT2D eigenvalue weighted by atomic mass is 10.0.